The lowest BCUT2D eigenvalue weighted by Crippen LogP contribution is -2.42. The lowest BCUT2D eigenvalue weighted by molar-refractivity contribution is -0.138. The van der Waals surface area contributed by atoms with E-state index in [1.165, 1.54) is 4.90 Å². The van der Waals surface area contributed by atoms with E-state index in [1.807, 2.05) is 37.6 Å². The highest BCUT2D eigenvalue weighted by molar-refractivity contribution is 5.94. The molecule has 1 aromatic rings. The number of rotatable bonds is 7. The number of aromatic nitrogens is 1. The summed E-state index contributed by atoms with van der Waals surface area (Å²) in [6.45, 7) is 6.35. The first kappa shape index (κ1) is 15.3. The second-order valence-electron chi connectivity index (χ2n) is 4.67. The van der Waals surface area contributed by atoms with E-state index >= 15 is 0 Å². The third-order valence-corrected chi connectivity index (χ3v) is 3.20. The predicted molar refractivity (Wildman–Crippen MR) is 73.1 cm³/mol. The Morgan fingerprint density at radius 3 is 2.63 bits per heavy atom. The molecule has 1 aromatic heterocycles. The molecule has 0 bridgehead atoms. The Balaban J connectivity index is 2.97. The summed E-state index contributed by atoms with van der Waals surface area (Å²) in [7, 11) is 0. The Kier molecular flexibility index (Phi) is 5.60. The summed E-state index contributed by atoms with van der Waals surface area (Å²) in [5, 5.41) is 8.95. The molecule has 1 heterocycles. The quantitative estimate of drug-likeness (QED) is 0.823. The zero-order valence-corrected chi connectivity index (χ0v) is 11.8. The maximum absolute atomic E-state index is 12.5. The maximum Gasteiger partial charge on any atom is 0.323 e. The summed E-state index contributed by atoms with van der Waals surface area (Å²) in [5.74, 6) is -1.20. The molecule has 19 heavy (non-hydrogen) atoms. The summed E-state index contributed by atoms with van der Waals surface area (Å²) in [5.41, 5.74) is 0.559. The third kappa shape index (κ3) is 3.84. The first-order valence-corrected chi connectivity index (χ1v) is 6.69. The molecular weight excluding hydrogens is 244 g/mol. The van der Waals surface area contributed by atoms with E-state index in [0.29, 0.717) is 5.69 Å². The highest BCUT2D eigenvalue weighted by atomic mass is 16.4. The minimum Gasteiger partial charge on any atom is -0.480 e. The van der Waals surface area contributed by atoms with Crippen molar-refractivity contribution in [2.45, 2.75) is 46.2 Å². The zero-order chi connectivity index (χ0) is 14.4. The Labute approximate surface area is 113 Å². The normalized spacial score (nSPS) is 12.2. The number of aliphatic carboxylic acids is 1. The lowest BCUT2D eigenvalue weighted by atomic mass is 10.2. The number of hydrogen-bond donors (Lipinski definition) is 1. The van der Waals surface area contributed by atoms with Gasteiger partial charge < -0.3 is 14.6 Å². The van der Waals surface area contributed by atoms with Crippen molar-refractivity contribution in [2.24, 2.45) is 0 Å². The Morgan fingerprint density at radius 1 is 1.42 bits per heavy atom. The minimum atomic E-state index is -0.984. The van der Waals surface area contributed by atoms with Crippen molar-refractivity contribution >= 4 is 11.9 Å². The van der Waals surface area contributed by atoms with E-state index < -0.39 is 5.97 Å². The molecule has 1 N–H and O–H groups in total. The molecule has 5 heteroatoms. The number of aryl methyl sites for hydroxylation is 1. The lowest BCUT2D eigenvalue weighted by Gasteiger charge is -2.27. The van der Waals surface area contributed by atoms with Crippen molar-refractivity contribution in [1.29, 1.82) is 0 Å². The molecule has 1 amide bonds. The van der Waals surface area contributed by atoms with Crippen molar-refractivity contribution in [3.05, 3.63) is 24.0 Å². The van der Waals surface area contributed by atoms with Crippen LogP contribution in [0.2, 0.25) is 0 Å². The molecule has 0 fully saturated rings. The van der Waals surface area contributed by atoms with Gasteiger partial charge in [0.05, 0.1) is 0 Å². The summed E-state index contributed by atoms with van der Waals surface area (Å²) in [6, 6.07) is 3.47. The fourth-order valence-electron chi connectivity index (χ4n) is 1.99. The summed E-state index contributed by atoms with van der Waals surface area (Å²) in [4.78, 5) is 24.8. The Hall–Kier alpha value is -1.78. The molecule has 1 atom stereocenters. The van der Waals surface area contributed by atoms with Gasteiger partial charge in [0.1, 0.15) is 12.2 Å². The number of carboxylic acid groups (broad SMARTS) is 1. The topological polar surface area (TPSA) is 62.5 Å². The van der Waals surface area contributed by atoms with Gasteiger partial charge in [0.25, 0.3) is 5.91 Å². The van der Waals surface area contributed by atoms with Crippen molar-refractivity contribution in [2.75, 3.05) is 6.54 Å². The first-order valence-electron chi connectivity index (χ1n) is 6.69. The zero-order valence-electron chi connectivity index (χ0n) is 11.8. The van der Waals surface area contributed by atoms with E-state index in [0.717, 1.165) is 19.4 Å². The van der Waals surface area contributed by atoms with Crippen LogP contribution in [-0.2, 0) is 11.3 Å². The van der Waals surface area contributed by atoms with Crippen LogP contribution in [0.1, 0.15) is 44.1 Å². The molecular formula is C14H22N2O3. The van der Waals surface area contributed by atoms with Gasteiger partial charge in [-0.05, 0) is 31.9 Å². The molecule has 0 aliphatic rings. The minimum absolute atomic E-state index is 0.0893. The maximum atomic E-state index is 12.5. The molecule has 1 unspecified atom stereocenters. The van der Waals surface area contributed by atoms with Gasteiger partial charge in [-0.25, -0.2) is 0 Å². The van der Waals surface area contributed by atoms with Crippen LogP contribution in [0.25, 0.3) is 0 Å². The third-order valence-electron chi connectivity index (χ3n) is 3.20. The van der Waals surface area contributed by atoms with Gasteiger partial charge in [0, 0.05) is 18.8 Å². The Bertz CT molecular complexity index is 440. The van der Waals surface area contributed by atoms with Crippen LogP contribution in [0.3, 0.4) is 0 Å². The smallest absolute Gasteiger partial charge is 0.323 e. The van der Waals surface area contributed by atoms with E-state index in [2.05, 4.69) is 0 Å². The predicted octanol–water partition coefficient (Wildman–Crippen LogP) is 2.22. The fourth-order valence-corrected chi connectivity index (χ4v) is 1.99. The number of nitrogens with zero attached hydrogens (tertiary/aromatic N) is 2. The largest absolute Gasteiger partial charge is 0.480 e. The van der Waals surface area contributed by atoms with Gasteiger partial charge in [0.15, 0.2) is 0 Å². The van der Waals surface area contributed by atoms with Crippen molar-refractivity contribution in [3.63, 3.8) is 0 Å². The molecule has 0 aromatic carbocycles. The highest BCUT2D eigenvalue weighted by Crippen LogP contribution is 2.12. The van der Waals surface area contributed by atoms with Crippen LogP contribution in [0.5, 0.6) is 0 Å². The Morgan fingerprint density at radius 2 is 2.11 bits per heavy atom. The van der Waals surface area contributed by atoms with Gasteiger partial charge in [-0.2, -0.15) is 0 Å². The van der Waals surface area contributed by atoms with Gasteiger partial charge in [-0.15, -0.1) is 0 Å². The number of carbonyl (C=O) groups is 2. The van der Waals surface area contributed by atoms with Crippen LogP contribution >= 0.6 is 0 Å². The molecule has 1 rings (SSSR count). The molecule has 0 aliphatic carbocycles. The number of carboxylic acids is 1. The number of amides is 1. The monoisotopic (exact) mass is 266 g/mol. The van der Waals surface area contributed by atoms with Crippen molar-refractivity contribution in [3.8, 4) is 0 Å². The first-order chi connectivity index (χ1) is 9.01. The van der Waals surface area contributed by atoms with E-state index in [-0.39, 0.29) is 18.5 Å². The molecule has 0 saturated carbocycles. The van der Waals surface area contributed by atoms with Crippen LogP contribution in [0.4, 0.5) is 0 Å². The molecule has 0 spiro atoms. The second-order valence-corrected chi connectivity index (χ2v) is 4.67. The highest BCUT2D eigenvalue weighted by Gasteiger charge is 2.24. The molecule has 106 valence electrons. The fraction of sp³-hybridized carbons (Fsp3) is 0.571. The number of hydrogen-bond acceptors (Lipinski definition) is 2. The number of carbonyl (C=O) groups excluding carboxylic acids is 1. The van der Waals surface area contributed by atoms with Crippen molar-refractivity contribution < 1.29 is 14.7 Å². The average Bonchev–Trinajstić information content (AvgIpc) is 2.82. The second kappa shape index (κ2) is 6.97. The van der Waals surface area contributed by atoms with Gasteiger partial charge in [-0.1, -0.05) is 13.8 Å². The van der Waals surface area contributed by atoms with E-state index in [4.69, 9.17) is 5.11 Å². The molecule has 0 saturated heterocycles. The molecule has 5 nitrogen and oxygen atoms in total. The standard InChI is InChI=1S/C14H22N2O3/c1-4-8-15-9-6-7-12(15)14(19)16(10-13(17)18)11(3)5-2/h6-7,9,11H,4-5,8,10H2,1-3H3,(H,17,18). The van der Waals surface area contributed by atoms with E-state index in [9.17, 15) is 9.59 Å². The summed E-state index contributed by atoms with van der Waals surface area (Å²) >= 11 is 0. The molecule has 0 radical (unpaired) electrons. The average molecular weight is 266 g/mol. The van der Waals surface area contributed by atoms with Gasteiger partial charge in [0.2, 0.25) is 0 Å². The SMILES string of the molecule is CCCn1cccc1C(=O)N(CC(=O)O)C(C)CC. The summed E-state index contributed by atoms with van der Waals surface area (Å²) in [6.07, 6.45) is 3.51. The van der Waals surface area contributed by atoms with E-state index in [1.54, 1.807) is 6.07 Å². The van der Waals surface area contributed by atoms with Crippen LogP contribution in [0.15, 0.2) is 18.3 Å². The van der Waals surface area contributed by atoms with Crippen molar-refractivity contribution in [1.82, 2.24) is 9.47 Å². The van der Waals surface area contributed by atoms with Crippen LogP contribution in [0, 0.1) is 0 Å². The molecule has 0 aliphatic heterocycles. The summed E-state index contributed by atoms with van der Waals surface area (Å²) < 4.78 is 1.87. The van der Waals surface area contributed by atoms with Crippen LogP contribution < -0.4 is 0 Å². The van der Waals surface area contributed by atoms with Crippen LogP contribution in [-0.4, -0.2) is 39.0 Å². The van der Waals surface area contributed by atoms with Gasteiger partial charge >= 0.3 is 5.97 Å². The van der Waals surface area contributed by atoms with Gasteiger partial charge in [-0.3, -0.25) is 9.59 Å².